The predicted molar refractivity (Wildman–Crippen MR) is 61.9 cm³/mol. The van der Waals surface area contributed by atoms with Crippen LogP contribution in [0.2, 0.25) is 0 Å². The first kappa shape index (κ1) is 11.2. The molecule has 1 heterocycles. The van der Waals surface area contributed by atoms with Gasteiger partial charge in [0.1, 0.15) is 5.82 Å². The molecule has 0 amide bonds. The van der Waals surface area contributed by atoms with E-state index in [9.17, 15) is 4.39 Å². The smallest absolute Gasteiger partial charge is 0.170 e. The first-order valence-electron chi connectivity index (χ1n) is 4.96. The molecule has 0 spiro atoms. The number of benzene rings is 1. The highest BCUT2D eigenvalue weighted by molar-refractivity contribution is 7.99. The number of halogens is 1. The van der Waals surface area contributed by atoms with Gasteiger partial charge in [-0.05, 0) is 25.1 Å². The van der Waals surface area contributed by atoms with E-state index in [1.165, 1.54) is 17.8 Å². The maximum Gasteiger partial charge on any atom is 0.170 e. The quantitative estimate of drug-likeness (QED) is 0.857. The van der Waals surface area contributed by atoms with Gasteiger partial charge < -0.3 is 10.7 Å². The number of rotatable bonds is 4. The molecule has 3 N–H and O–H groups in total. The molecule has 5 heteroatoms. The molecule has 2 rings (SSSR count). The lowest BCUT2D eigenvalue weighted by Gasteiger charge is -2.07. The molecule has 0 aliphatic rings. The largest absolute Gasteiger partial charge is 0.339 e. The molecule has 84 valence electrons. The predicted octanol–water partition coefficient (Wildman–Crippen LogP) is 2.20. The van der Waals surface area contributed by atoms with Crippen LogP contribution in [0.15, 0.2) is 40.6 Å². The van der Waals surface area contributed by atoms with Crippen LogP contribution in [0, 0.1) is 5.82 Å². The van der Waals surface area contributed by atoms with Crippen molar-refractivity contribution in [1.29, 1.82) is 0 Å². The summed E-state index contributed by atoms with van der Waals surface area (Å²) in [5.74, 6) is -0.206. The van der Waals surface area contributed by atoms with Crippen molar-refractivity contribution in [2.75, 3.05) is 6.54 Å². The second kappa shape index (κ2) is 5.14. The van der Waals surface area contributed by atoms with Gasteiger partial charge in [0.05, 0.1) is 0 Å². The van der Waals surface area contributed by atoms with E-state index in [2.05, 4.69) is 9.97 Å². The van der Waals surface area contributed by atoms with Gasteiger partial charge in [0.2, 0.25) is 0 Å². The maximum atomic E-state index is 13.6. The molecule has 1 aromatic heterocycles. The number of H-pyrrole nitrogens is 1. The Balaban J connectivity index is 2.29. The van der Waals surface area contributed by atoms with E-state index in [4.69, 9.17) is 5.73 Å². The Bertz CT molecular complexity index is 456. The Labute approximate surface area is 97.3 Å². The summed E-state index contributed by atoms with van der Waals surface area (Å²) in [5.41, 5.74) is 6.13. The zero-order valence-electron chi connectivity index (χ0n) is 8.61. The van der Waals surface area contributed by atoms with Gasteiger partial charge in [0.15, 0.2) is 5.16 Å². The molecule has 0 radical (unpaired) electrons. The van der Waals surface area contributed by atoms with E-state index in [0.29, 0.717) is 18.5 Å². The number of hydrogen-bond acceptors (Lipinski definition) is 3. The highest BCUT2D eigenvalue weighted by Crippen LogP contribution is 2.29. The Hall–Kier alpha value is -1.33. The molecule has 3 nitrogen and oxygen atoms in total. The molecule has 2 aromatic rings. The van der Waals surface area contributed by atoms with Crippen molar-refractivity contribution >= 4 is 11.8 Å². The van der Waals surface area contributed by atoms with Crippen LogP contribution in [0.3, 0.4) is 0 Å². The van der Waals surface area contributed by atoms with Crippen LogP contribution in [-0.2, 0) is 6.42 Å². The van der Waals surface area contributed by atoms with Crippen LogP contribution in [0.5, 0.6) is 0 Å². The Morgan fingerprint density at radius 3 is 3.00 bits per heavy atom. The van der Waals surface area contributed by atoms with E-state index in [1.807, 2.05) is 6.07 Å². The van der Waals surface area contributed by atoms with Gasteiger partial charge in [-0.3, -0.25) is 0 Å². The number of nitrogens with two attached hydrogens (primary N) is 1. The Morgan fingerprint density at radius 1 is 1.44 bits per heavy atom. The Kier molecular flexibility index (Phi) is 3.58. The minimum absolute atomic E-state index is 0.206. The minimum Gasteiger partial charge on any atom is -0.339 e. The monoisotopic (exact) mass is 237 g/mol. The molecule has 0 fully saturated rings. The average Bonchev–Trinajstić information content (AvgIpc) is 2.76. The second-order valence-electron chi connectivity index (χ2n) is 3.25. The fraction of sp³-hybridized carbons (Fsp3) is 0.182. The highest BCUT2D eigenvalue weighted by Gasteiger charge is 2.09. The van der Waals surface area contributed by atoms with Gasteiger partial charge in [-0.2, -0.15) is 0 Å². The zero-order valence-corrected chi connectivity index (χ0v) is 9.43. The number of hydrogen-bond donors (Lipinski definition) is 2. The highest BCUT2D eigenvalue weighted by atomic mass is 32.2. The molecular weight excluding hydrogens is 225 g/mol. The molecular formula is C11H12FN3S. The summed E-state index contributed by atoms with van der Waals surface area (Å²) in [7, 11) is 0. The van der Waals surface area contributed by atoms with Crippen molar-refractivity contribution in [3.63, 3.8) is 0 Å². The summed E-state index contributed by atoms with van der Waals surface area (Å²) in [4.78, 5) is 7.93. The maximum absolute atomic E-state index is 13.6. The molecule has 0 bridgehead atoms. The SMILES string of the molecule is NCCc1c(F)cccc1Sc1ncc[nH]1. The van der Waals surface area contributed by atoms with Gasteiger partial charge in [-0.25, -0.2) is 9.37 Å². The van der Waals surface area contributed by atoms with Gasteiger partial charge >= 0.3 is 0 Å². The lowest BCUT2D eigenvalue weighted by molar-refractivity contribution is 0.603. The molecule has 0 saturated carbocycles. The number of imidazole rings is 1. The van der Waals surface area contributed by atoms with E-state index in [0.717, 1.165) is 10.1 Å². The number of nitrogens with one attached hydrogen (secondary N) is 1. The average molecular weight is 237 g/mol. The van der Waals surface area contributed by atoms with Crippen molar-refractivity contribution in [2.24, 2.45) is 5.73 Å². The molecule has 16 heavy (non-hydrogen) atoms. The number of aromatic nitrogens is 2. The fourth-order valence-electron chi connectivity index (χ4n) is 1.43. The van der Waals surface area contributed by atoms with Crippen molar-refractivity contribution in [2.45, 2.75) is 16.5 Å². The van der Waals surface area contributed by atoms with Crippen molar-refractivity contribution in [3.05, 3.63) is 42.0 Å². The van der Waals surface area contributed by atoms with Crippen LogP contribution < -0.4 is 5.73 Å². The topological polar surface area (TPSA) is 54.7 Å². The van der Waals surface area contributed by atoms with Crippen LogP contribution >= 0.6 is 11.8 Å². The first-order valence-corrected chi connectivity index (χ1v) is 5.77. The minimum atomic E-state index is -0.206. The molecule has 0 unspecified atom stereocenters. The number of nitrogens with zero attached hydrogens (tertiary/aromatic N) is 1. The van der Waals surface area contributed by atoms with Crippen LogP contribution in [0.25, 0.3) is 0 Å². The summed E-state index contributed by atoms with van der Waals surface area (Å²) < 4.78 is 13.6. The normalized spacial score (nSPS) is 10.6. The molecule has 0 atom stereocenters. The first-order chi connectivity index (χ1) is 7.81. The third-order valence-corrected chi connectivity index (χ3v) is 3.17. The van der Waals surface area contributed by atoms with Crippen LogP contribution in [0.4, 0.5) is 4.39 Å². The molecule has 0 aliphatic carbocycles. The van der Waals surface area contributed by atoms with E-state index >= 15 is 0 Å². The second-order valence-corrected chi connectivity index (χ2v) is 4.28. The lowest BCUT2D eigenvalue weighted by Crippen LogP contribution is -2.05. The summed E-state index contributed by atoms with van der Waals surface area (Å²) in [6.07, 6.45) is 3.95. The van der Waals surface area contributed by atoms with Gasteiger partial charge in [0, 0.05) is 22.9 Å². The van der Waals surface area contributed by atoms with E-state index in [-0.39, 0.29) is 5.82 Å². The fourth-order valence-corrected chi connectivity index (χ4v) is 2.35. The van der Waals surface area contributed by atoms with Crippen molar-refractivity contribution in [1.82, 2.24) is 9.97 Å². The summed E-state index contributed by atoms with van der Waals surface area (Å²) in [6, 6.07) is 5.03. The standard InChI is InChI=1S/C11H12FN3S/c12-9-2-1-3-10(8(9)4-5-13)16-11-14-6-7-15-11/h1-3,6-7H,4-5,13H2,(H,14,15). The summed E-state index contributed by atoms with van der Waals surface area (Å²) in [5, 5.41) is 0.754. The van der Waals surface area contributed by atoms with Crippen LogP contribution in [0.1, 0.15) is 5.56 Å². The van der Waals surface area contributed by atoms with E-state index in [1.54, 1.807) is 18.5 Å². The van der Waals surface area contributed by atoms with Gasteiger partial charge in [-0.1, -0.05) is 17.8 Å². The van der Waals surface area contributed by atoms with E-state index < -0.39 is 0 Å². The van der Waals surface area contributed by atoms with Crippen LogP contribution in [-0.4, -0.2) is 16.5 Å². The van der Waals surface area contributed by atoms with Crippen molar-refractivity contribution < 1.29 is 4.39 Å². The van der Waals surface area contributed by atoms with Gasteiger partial charge in [0.25, 0.3) is 0 Å². The molecule has 0 aliphatic heterocycles. The van der Waals surface area contributed by atoms with Crippen molar-refractivity contribution in [3.8, 4) is 0 Å². The third kappa shape index (κ3) is 2.43. The summed E-state index contributed by atoms with van der Waals surface area (Å²) >= 11 is 1.41. The summed E-state index contributed by atoms with van der Waals surface area (Å²) in [6.45, 7) is 0.437. The Morgan fingerprint density at radius 2 is 2.31 bits per heavy atom. The number of aromatic amines is 1. The van der Waals surface area contributed by atoms with Gasteiger partial charge in [-0.15, -0.1) is 0 Å². The zero-order chi connectivity index (χ0) is 11.4. The lowest BCUT2D eigenvalue weighted by atomic mass is 10.1. The third-order valence-electron chi connectivity index (χ3n) is 2.15. The molecule has 0 saturated heterocycles. The molecule has 1 aromatic carbocycles.